The SMILES string of the molecule is CCc1cc(Nc2cc(=O)n(CC3CCCN(Cc4ccc(C)o4)C3)c(=O)[nH]2)ccc1C. The van der Waals surface area contributed by atoms with Crippen molar-refractivity contribution < 1.29 is 4.42 Å². The minimum absolute atomic E-state index is 0.252. The number of aromatic amines is 1. The third kappa shape index (κ3) is 5.22. The lowest BCUT2D eigenvalue weighted by Gasteiger charge is -2.32. The van der Waals surface area contributed by atoms with Crippen molar-refractivity contribution in [3.05, 3.63) is 79.9 Å². The summed E-state index contributed by atoms with van der Waals surface area (Å²) in [7, 11) is 0. The molecule has 3 aromatic rings. The second kappa shape index (κ2) is 9.61. The number of hydrogen-bond donors (Lipinski definition) is 2. The fourth-order valence-corrected chi connectivity index (χ4v) is 4.54. The molecule has 0 spiro atoms. The summed E-state index contributed by atoms with van der Waals surface area (Å²) in [5.74, 6) is 2.54. The minimum atomic E-state index is -0.374. The fraction of sp³-hybridized carbons (Fsp3) is 0.440. The van der Waals surface area contributed by atoms with E-state index in [4.69, 9.17) is 4.42 Å². The first-order chi connectivity index (χ1) is 15.4. The molecule has 7 nitrogen and oxygen atoms in total. The maximum atomic E-state index is 12.8. The molecular weight excluding hydrogens is 404 g/mol. The standard InChI is InChI=1S/C25H32N4O3/c1-4-20-12-21(9-7-17(20)2)26-23-13-24(30)29(25(31)27-23)15-19-6-5-11-28(14-19)16-22-10-8-18(3)32-22/h7-10,12-13,19,26H,4-6,11,14-16H2,1-3H3,(H,27,31). The zero-order valence-corrected chi connectivity index (χ0v) is 19.1. The molecule has 0 radical (unpaired) electrons. The van der Waals surface area contributed by atoms with Gasteiger partial charge >= 0.3 is 5.69 Å². The Morgan fingerprint density at radius 2 is 2.00 bits per heavy atom. The topological polar surface area (TPSA) is 83.3 Å². The van der Waals surface area contributed by atoms with Crippen LogP contribution in [-0.4, -0.2) is 27.5 Å². The van der Waals surface area contributed by atoms with E-state index in [2.05, 4.69) is 35.1 Å². The van der Waals surface area contributed by atoms with Crippen LogP contribution >= 0.6 is 0 Å². The van der Waals surface area contributed by atoms with Crippen LogP contribution in [0.1, 0.15) is 42.4 Å². The van der Waals surface area contributed by atoms with Gasteiger partial charge in [0.15, 0.2) is 0 Å². The third-order valence-electron chi connectivity index (χ3n) is 6.25. The van der Waals surface area contributed by atoms with Gasteiger partial charge in [0.2, 0.25) is 0 Å². The van der Waals surface area contributed by atoms with E-state index in [1.165, 1.54) is 21.8 Å². The first kappa shape index (κ1) is 22.1. The molecule has 4 rings (SSSR count). The molecule has 2 aromatic heterocycles. The molecule has 1 aromatic carbocycles. The van der Waals surface area contributed by atoms with Crippen molar-refractivity contribution in [2.75, 3.05) is 18.4 Å². The molecule has 170 valence electrons. The molecule has 1 atom stereocenters. The predicted molar refractivity (Wildman–Crippen MR) is 127 cm³/mol. The summed E-state index contributed by atoms with van der Waals surface area (Å²) in [6.45, 7) is 9.16. The van der Waals surface area contributed by atoms with Crippen LogP contribution in [0.3, 0.4) is 0 Å². The Bertz CT molecular complexity index is 1160. The molecule has 0 amide bonds. The molecule has 0 aliphatic carbocycles. The van der Waals surface area contributed by atoms with Crippen molar-refractivity contribution in [2.45, 2.75) is 53.1 Å². The number of anilines is 2. The maximum Gasteiger partial charge on any atom is 0.329 e. The number of likely N-dealkylation sites (tertiary alicyclic amines) is 1. The molecule has 3 heterocycles. The Morgan fingerprint density at radius 3 is 2.72 bits per heavy atom. The van der Waals surface area contributed by atoms with E-state index in [9.17, 15) is 9.59 Å². The number of aryl methyl sites for hydroxylation is 3. The number of rotatable bonds is 7. The van der Waals surface area contributed by atoms with E-state index in [0.29, 0.717) is 12.4 Å². The molecule has 7 heteroatoms. The molecule has 1 fully saturated rings. The summed E-state index contributed by atoms with van der Waals surface area (Å²) in [6, 6.07) is 11.5. The van der Waals surface area contributed by atoms with Crippen LogP contribution in [0, 0.1) is 19.8 Å². The van der Waals surface area contributed by atoms with E-state index >= 15 is 0 Å². The Balaban J connectivity index is 1.44. The van der Waals surface area contributed by atoms with Crippen LogP contribution in [-0.2, 0) is 19.5 Å². The van der Waals surface area contributed by atoms with E-state index in [-0.39, 0.29) is 17.2 Å². The number of H-pyrrole nitrogens is 1. The number of nitrogens with one attached hydrogen (secondary N) is 2. The molecule has 1 aliphatic rings. The van der Waals surface area contributed by atoms with Gasteiger partial charge in [-0.2, -0.15) is 0 Å². The number of furan rings is 1. The highest BCUT2D eigenvalue weighted by Gasteiger charge is 2.22. The van der Waals surface area contributed by atoms with Gasteiger partial charge in [-0.3, -0.25) is 19.2 Å². The number of piperidine rings is 1. The monoisotopic (exact) mass is 436 g/mol. The zero-order chi connectivity index (χ0) is 22.7. The van der Waals surface area contributed by atoms with Crippen LogP contribution in [0.4, 0.5) is 11.5 Å². The van der Waals surface area contributed by atoms with Gasteiger partial charge in [0.05, 0.1) is 6.54 Å². The quantitative estimate of drug-likeness (QED) is 0.586. The zero-order valence-electron chi connectivity index (χ0n) is 19.1. The average molecular weight is 437 g/mol. The van der Waals surface area contributed by atoms with Crippen LogP contribution < -0.4 is 16.6 Å². The first-order valence-corrected chi connectivity index (χ1v) is 11.4. The molecule has 1 aliphatic heterocycles. The Kier molecular flexibility index (Phi) is 6.65. The normalized spacial score (nSPS) is 16.9. The molecule has 1 saturated heterocycles. The molecule has 2 N–H and O–H groups in total. The fourth-order valence-electron chi connectivity index (χ4n) is 4.54. The lowest BCUT2D eigenvalue weighted by molar-refractivity contribution is 0.144. The van der Waals surface area contributed by atoms with Crippen molar-refractivity contribution in [1.82, 2.24) is 14.5 Å². The summed E-state index contributed by atoms with van der Waals surface area (Å²) in [5.41, 5.74) is 2.67. The van der Waals surface area contributed by atoms with E-state index in [0.717, 1.165) is 56.1 Å². The Hall–Kier alpha value is -3.06. The van der Waals surface area contributed by atoms with Gasteiger partial charge in [0.1, 0.15) is 17.3 Å². The number of nitrogens with zero attached hydrogens (tertiary/aromatic N) is 2. The number of benzene rings is 1. The highest BCUT2D eigenvalue weighted by Crippen LogP contribution is 2.21. The van der Waals surface area contributed by atoms with Crippen LogP contribution in [0.5, 0.6) is 0 Å². The van der Waals surface area contributed by atoms with Crippen LogP contribution in [0.2, 0.25) is 0 Å². The van der Waals surface area contributed by atoms with Gasteiger partial charge in [0.25, 0.3) is 5.56 Å². The van der Waals surface area contributed by atoms with Crippen molar-refractivity contribution in [3.8, 4) is 0 Å². The average Bonchev–Trinajstić information content (AvgIpc) is 3.17. The first-order valence-electron chi connectivity index (χ1n) is 11.4. The molecule has 1 unspecified atom stereocenters. The van der Waals surface area contributed by atoms with Gasteiger partial charge in [0, 0.05) is 24.8 Å². The molecule has 0 bridgehead atoms. The van der Waals surface area contributed by atoms with Crippen molar-refractivity contribution >= 4 is 11.5 Å². The van der Waals surface area contributed by atoms with Gasteiger partial charge in [-0.25, -0.2) is 4.79 Å². The smallest absolute Gasteiger partial charge is 0.329 e. The lowest BCUT2D eigenvalue weighted by Crippen LogP contribution is -2.42. The summed E-state index contributed by atoms with van der Waals surface area (Å²) in [4.78, 5) is 30.6. The largest absolute Gasteiger partial charge is 0.465 e. The van der Waals surface area contributed by atoms with E-state index in [1.54, 1.807) is 0 Å². The summed E-state index contributed by atoms with van der Waals surface area (Å²) < 4.78 is 7.02. The predicted octanol–water partition coefficient (Wildman–Crippen LogP) is 3.96. The third-order valence-corrected chi connectivity index (χ3v) is 6.25. The highest BCUT2D eigenvalue weighted by atomic mass is 16.3. The van der Waals surface area contributed by atoms with Crippen molar-refractivity contribution in [1.29, 1.82) is 0 Å². The highest BCUT2D eigenvalue weighted by molar-refractivity contribution is 5.57. The lowest BCUT2D eigenvalue weighted by atomic mass is 9.98. The maximum absolute atomic E-state index is 12.8. The van der Waals surface area contributed by atoms with Crippen LogP contribution in [0.25, 0.3) is 0 Å². The van der Waals surface area contributed by atoms with Gasteiger partial charge in [-0.1, -0.05) is 13.0 Å². The molecule has 0 saturated carbocycles. The number of hydrogen-bond acceptors (Lipinski definition) is 5. The molecular formula is C25H32N4O3. The molecule has 32 heavy (non-hydrogen) atoms. The second-order valence-electron chi connectivity index (χ2n) is 8.81. The summed E-state index contributed by atoms with van der Waals surface area (Å²) in [5, 5.41) is 3.17. The van der Waals surface area contributed by atoms with Crippen LogP contribution in [0.15, 0.2) is 50.4 Å². The number of aromatic nitrogens is 2. The summed E-state index contributed by atoms with van der Waals surface area (Å²) >= 11 is 0. The minimum Gasteiger partial charge on any atom is -0.465 e. The second-order valence-corrected chi connectivity index (χ2v) is 8.81. The van der Waals surface area contributed by atoms with Gasteiger partial charge in [-0.05, 0) is 81.0 Å². The van der Waals surface area contributed by atoms with Gasteiger partial charge < -0.3 is 9.73 Å². The Morgan fingerprint density at radius 1 is 1.16 bits per heavy atom. The Labute approximate surface area is 188 Å². The summed E-state index contributed by atoms with van der Waals surface area (Å²) in [6.07, 6.45) is 2.98. The van der Waals surface area contributed by atoms with E-state index < -0.39 is 0 Å². The van der Waals surface area contributed by atoms with Crippen molar-refractivity contribution in [3.63, 3.8) is 0 Å². The van der Waals surface area contributed by atoms with Gasteiger partial charge in [-0.15, -0.1) is 0 Å². The van der Waals surface area contributed by atoms with Crippen molar-refractivity contribution in [2.24, 2.45) is 5.92 Å². The van der Waals surface area contributed by atoms with E-state index in [1.807, 2.05) is 31.2 Å².